The number of nitrogens with two attached hydrogens (primary N) is 1. The van der Waals surface area contributed by atoms with Crippen molar-refractivity contribution in [3.8, 4) is 11.5 Å². The number of rotatable bonds is 9. The van der Waals surface area contributed by atoms with E-state index < -0.39 is 0 Å². The van der Waals surface area contributed by atoms with E-state index in [9.17, 15) is 0 Å². The van der Waals surface area contributed by atoms with Crippen LogP contribution in [0.1, 0.15) is 30.7 Å². The number of benzene rings is 2. The second kappa shape index (κ2) is 9.11. The topological polar surface area (TPSA) is 44.5 Å². The quantitative estimate of drug-likeness (QED) is 0.712. The van der Waals surface area contributed by atoms with Gasteiger partial charge in [-0.1, -0.05) is 36.4 Å². The van der Waals surface area contributed by atoms with Crippen LogP contribution in [-0.2, 0) is 0 Å². The highest BCUT2D eigenvalue weighted by Gasteiger charge is 2.13. The van der Waals surface area contributed by atoms with E-state index in [0.29, 0.717) is 12.5 Å². The highest BCUT2D eigenvalue weighted by molar-refractivity contribution is 5.36. The summed E-state index contributed by atoms with van der Waals surface area (Å²) in [6.45, 7) is 1.38. The van der Waals surface area contributed by atoms with Crippen molar-refractivity contribution in [2.45, 2.75) is 25.2 Å². The molecule has 2 aromatic rings. The van der Waals surface area contributed by atoms with Crippen molar-refractivity contribution in [1.82, 2.24) is 0 Å². The van der Waals surface area contributed by atoms with Gasteiger partial charge in [0.15, 0.2) is 0 Å². The van der Waals surface area contributed by atoms with Crippen LogP contribution in [-0.4, -0.2) is 20.3 Å². The summed E-state index contributed by atoms with van der Waals surface area (Å²) >= 11 is 0. The van der Waals surface area contributed by atoms with Crippen LogP contribution in [0.2, 0.25) is 0 Å². The Balaban J connectivity index is 1.77. The van der Waals surface area contributed by atoms with Crippen molar-refractivity contribution in [3.63, 3.8) is 0 Å². The van der Waals surface area contributed by atoms with Crippen molar-refractivity contribution in [2.24, 2.45) is 5.73 Å². The van der Waals surface area contributed by atoms with Gasteiger partial charge in [0.05, 0.1) is 13.7 Å². The van der Waals surface area contributed by atoms with Gasteiger partial charge in [-0.05, 0) is 55.5 Å². The minimum absolute atomic E-state index is 0.341. The molecule has 0 aliphatic carbocycles. The van der Waals surface area contributed by atoms with Gasteiger partial charge in [-0.15, -0.1) is 0 Å². The minimum Gasteiger partial charge on any atom is -0.496 e. The molecular formula is C19H25NO2. The number of methoxy groups -OCH3 is 1. The normalized spacial score (nSPS) is 11.9. The fourth-order valence-corrected chi connectivity index (χ4v) is 2.60. The van der Waals surface area contributed by atoms with E-state index in [0.717, 1.165) is 37.4 Å². The van der Waals surface area contributed by atoms with Crippen molar-refractivity contribution in [3.05, 3.63) is 60.2 Å². The Bertz CT molecular complexity index is 542. The first kappa shape index (κ1) is 16.4. The van der Waals surface area contributed by atoms with E-state index in [-0.39, 0.29) is 0 Å². The standard InChI is InChI=1S/C19H25NO2/c1-21-19-13-6-5-12-18(19)16(15-20)9-7-8-14-22-17-10-3-2-4-11-17/h2-6,10-13,16H,7-9,14-15,20H2,1H3. The Kier molecular flexibility index (Phi) is 6.78. The molecule has 0 amide bonds. The maximum absolute atomic E-state index is 5.95. The first-order valence-corrected chi connectivity index (χ1v) is 7.86. The fraction of sp³-hybridized carbons (Fsp3) is 0.368. The highest BCUT2D eigenvalue weighted by atomic mass is 16.5. The van der Waals surface area contributed by atoms with Crippen molar-refractivity contribution in [2.75, 3.05) is 20.3 Å². The molecule has 3 heteroatoms. The summed E-state index contributed by atoms with van der Waals surface area (Å²) in [5.74, 6) is 2.20. The Morgan fingerprint density at radius 2 is 1.68 bits per heavy atom. The van der Waals surface area contributed by atoms with Crippen LogP contribution in [0, 0.1) is 0 Å². The Labute approximate surface area is 133 Å². The van der Waals surface area contributed by atoms with E-state index in [1.807, 2.05) is 48.5 Å². The Hall–Kier alpha value is -2.00. The van der Waals surface area contributed by atoms with Crippen molar-refractivity contribution in [1.29, 1.82) is 0 Å². The van der Waals surface area contributed by atoms with E-state index in [1.165, 1.54) is 5.56 Å². The molecule has 0 aliphatic rings. The second-order valence-electron chi connectivity index (χ2n) is 5.33. The summed E-state index contributed by atoms with van der Waals surface area (Å²) in [5.41, 5.74) is 7.15. The zero-order valence-corrected chi connectivity index (χ0v) is 13.2. The maximum Gasteiger partial charge on any atom is 0.122 e. The molecular weight excluding hydrogens is 274 g/mol. The molecule has 2 aromatic carbocycles. The predicted octanol–water partition coefficient (Wildman–Crippen LogP) is 3.99. The molecule has 0 radical (unpaired) electrons. The van der Waals surface area contributed by atoms with Gasteiger partial charge in [-0.3, -0.25) is 0 Å². The molecule has 0 spiro atoms. The van der Waals surface area contributed by atoms with Gasteiger partial charge in [0, 0.05) is 0 Å². The Morgan fingerprint density at radius 1 is 0.955 bits per heavy atom. The van der Waals surface area contributed by atoms with Crippen molar-refractivity contribution >= 4 is 0 Å². The molecule has 2 rings (SSSR count). The molecule has 0 saturated carbocycles. The third kappa shape index (κ3) is 4.78. The molecule has 0 saturated heterocycles. The average Bonchev–Trinajstić information content (AvgIpc) is 2.59. The van der Waals surface area contributed by atoms with Gasteiger partial charge in [-0.25, -0.2) is 0 Å². The number of hydrogen-bond acceptors (Lipinski definition) is 3. The predicted molar refractivity (Wildman–Crippen MR) is 90.6 cm³/mol. The first-order chi connectivity index (χ1) is 10.8. The van der Waals surface area contributed by atoms with E-state index in [2.05, 4.69) is 6.07 Å². The number of hydrogen-bond donors (Lipinski definition) is 1. The third-order valence-electron chi connectivity index (χ3n) is 3.82. The number of ether oxygens (including phenoxy) is 2. The van der Waals surface area contributed by atoms with Crippen LogP contribution in [0.25, 0.3) is 0 Å². The van der Waals surface area contributed by atoms with Crippen LogP contribution in [0.3, 0.4) is 0 Å². The molecule has 0 bridgehead atoms. The van der Waals surface area contributed by atoms with Gasteiger partial charge in [0.2, 0.25) is 0 Å². The molecule has 2 N–H and O–H groups in total. The van der Waals surface area contributed by atoms with Crippen LogP contribution in [0.4, 0.5) is 0 Å². The van der Waals surface area contributed by atoms with Crippen LogP contribution >= 0.6 is 0 Å². The van der Waals surface area contributed by atoms with Crippen LogP contribution < -0.4 is 15.2 Å². The lowest BCUT2D eigenvalue weighted by molar-refractivity contribution is 0.303. The molecule has 1 atom stereocenters. The SMILES string of the molecule is COc1ccccc1C(CN)CCCCOc1ccccc1. The third-order valence-corrected chi connectivity index (χ3v) is 3.82. The van der Waals surface area contributed by atoms with E-state index in [4.69, 9.17) is 15.2 Å². The Morgan fingerprint density at radius 3 is 2.41 bits per heavy atom. The molecule has 0 fully saturated rings. The lowest BCUT2D eigenvalue weighted by atomic mass is 9.93. The largest absolute Gasteiger partial charge is 0.496 e. The minimum atomic E-state index is 0.341. The summed E-state index contributed by atoms with van der Waals surface area (Å²) < 4.78 is 11.1. The van der Waals surface area contributed by atoms with Gasteiger partial charge in [0.1, 0.15) is 11.5 Å². The lowest BCUT2D eigenvalue weighted by Gasteiger charge is -2.18. The molecule has 0 aromatic heterocycles. The first-order valence-electron chi connectivity index (χ1n) is 7.86. The van der Waals surface area contributed by atoms with Crippen LogP contribution in [0.15, 0.2) is 54.6 Å². The zero-order valence-electron chi connectivity index (χ0n) is 13.2. The monoisotopic (exact) mass is 299 g/mol. The van der Waals surface area contributed by atoms with E-state index >= 15 is 0 Å². The summed E-state index contributed by atoms with van der Waals surface area (Å²) in [6.07, 6.45) is 3.17. The molecule has 22 heavy (non-hydrogen) atoms. The fourth-order valence-electron chi connectivity index (χ4n) is 2.60. The molecule has 0 aliphatic heterocycles. The zero-order chi connectivity index (χ0) is 15.6. The van der Waals surface area contributed by atoms with Gasteiger partial charge < -0.3 is 15.2 Å². The lowest BCUT2D eigenvalue weighted by Crippen LogP contribution is -2.14. The molecule has 0 heterocycles. The highest BCUT2D eigenvalue weighted by Crippen LogP contribution is 2.29. The maximum atomic E-state index is 5.95. The van der Waals surface area contributed by atoms with Crippen molar-refractivity contribution < 1.29 is 9.47 Å². The summed E-state index contributed by atoms with van der Waals surface area (Å²) in [7, 11) is 1.71. The van der Waals surface area contributed by atoms with Crippen LogP contribution in [0.5, 0.6) is 11.5 Å². The summed E-state index contributed by atoms with van der Waals surface area (Å²) in [6, 6.07) is 18.1. The summed E-state index contributed by atoms with van der Waals surface area (Å²) in [4.78, 5) is 0. The van der Waals surface area contributed by atoms with Gasteiger partial charge in [0.25, 0.3) is 0 Å². The number of para-hydroxylation sites is 2. The second-order valence-corrected chi connectivity index (χ2v) is 5.33. The number of unbranched alkanes of at least 4 members (excludes halogenated alkanes) is 1. The van der Waals surface area contributed by atoms with E-state index in [1.54, 1.807) is 7.11 Å². The van der Waals surface area contributed by atoms with Gasteiger partial charge in [-0.2, -0.15) is 0 Å². The summed E-state index contributed by atoms with van der Waals surface area (Å²) in [5, 5.41) is 0. The average molecular weight is 299 g/mol. The molecule has 3 nitrogen and oxygen atoms in total. The molecule has 118 valence electrons. The molecule has 1 unspecified atom stereocenters. The smallest absolute Gasteiger partial charge is 0.122 e. The van der Waals surface area contributed by atoms with Gasteiger partial charge >= 0.3 is 0 Å².